The van der Waals surface area contributed by atoms with Crippen LogP contribution in [0.25, 0.3) is 44.1 Å². The number of methoxy groups -OCH3 is 1. The molecule has 0 atom stereocenters. The van der Waals surface area contributed by atoms with Crippen LogP contribution in [-0.2, 0) is 0 Å². The van der Waals surface area contributed by atoms with Gasteiger partial charge in [0.25, 0.3) is 5.91 Å². The summed E-state index contributed by atoms with van der Waals surface area (Å²) in [6.07, 6.45) is 4.32. The van der Waals surface area contributed by atoms with E-state index in [0.29, 0.717) is 24.2 Å². The van der Waals surface area contributed by atoms with Gasteiger partial charge >= 0.3 is 0 Å². The zero-order valence-corrected chi connectivity index (χ0v) is 20.2. The van der Waals surface area contributed by atoms with Gasteiger partial charge in [0.1, 0.15) is 11.4 Å². The molecule has 0 aliphatic heterocycles. The molecule has 36 heavy (non-hydrogen) atoms. The molecule has 0 radical (unpaired) electrons. The fourth-order valence-electron chi connectivity index (χ4n) is 5.22. The van der Waals surface area contributed by atoms with Crippen molar-refractivity contribution in [2.45, 2.75) is 44.8 Å². The largest absolute Gasteiger partial charge is 0.496 e. The number of aryl methyl sites for hydroxylation is 1. The number of hydrogen-bond acceptors (Lipinski definition) is 6. The molecule has 6 rings (SSSR count). The number of amides is 1. The van der Waals surface area contributed by atoms with E-state index in [1.54, 1.807) is 13.3 Å². The molecule has 8 nitrogen and oxygen atoms in total. The standard InChI is InChI=1S/C28H27N5O3/c1-15-13-22-20(14-23(15)36-2)24-25(19-11-12-29-21-6-4-3-5-18(19)21)32-27(33-26(24)31-22)28(35)30-16-7-9-17(34)10-8-16/h3-6,11-14,16-17,34H,7-10H2,1-2H3,(H,30,35)(H,31,32,33)/t16-,17+. The lowest BCUT2D eigenvalue weighted by molar-refractivity contribution is 0.0859. The number of aromatic amines is 1. The molecule has 3 aromatic heterocycles. The fourth-order valence-corrected chi connectivity index (χ4v) is 5.22. The van der Waals surface area contributed by atoms with Gasteiger partial charge in [0.15, 0.2) is 0 Å². The Bertz CT molecular complexity index is 1610. The Morgan fingerprint density at radius 3 is 2.69 bits per heavy atom. The first-order chi connectivity index (χ1) is 17.5. The van der Waals surface area contributed by atoms with Crippen molar-refractivity contribution >= 4 is 38.7 Å². The molecule has 3 N–H and O–H groups in total. The molecule has 0 unspecified atom stereocenters. The van der Waals surface area contributed by atoms with Crippen molar-refractivity contribution in [1.29, 1.82) is 0 Å². The molecule has 1 aliphatic rings. The van der Waals surface area contributed by atoms with Gasteiger partial charge in [-0.3, -0.25) is 9.78 Å². The summed E-state index contributed by atoms with van der Waals surface area (Å²) in [6, 6.07) is 13.8. The van der Waals surface area contributed by atoms with Gasteiger partial charge in [0.05, 0.1) is 29.8 Å². The predicted molar refractivity (Wildman–Crippen MR) is 139 cm³/mol. The number of nitrogens with one attached hydrogen (secondary N) is 2. The number of pyridine rings is 1. The number of rotatable bonds is 4. The van der Waals surface area contributed by atoms with Crippen LogP contribution in [0.2, 0.25) is 0 Å². The van der Waals surface area contributed by atoms with Crippen LogP contribution >= 0.6 is 0 Å². The second kappa shape index (κ2) is 8.87. The van der Waals surface area contributed by atoms with Crippen LogP contribution in [0.5, 0.6) is 5.75 Å². The fraction of sp³-hybridized carbons (Fsp3) is 0.286. The second-order valence-electron chi connectivity index (χ2n) is 9.47. The van der Waals surface area contributed by atoms with Crippen molar-refractivity contribution in [3.8, 4) is 17.0 Å². The van der Waals surface area contributed by atoms with Crippen LogP contribution in [0.15, 0.2) is 48.7 Å². The summed E-state index contributed by atoms with van der Waals surface area (Å²) in [7, 11) is 1.66. The molecule has 1 saturated carbocycles. The summed E-state index contributed by atoms with van der Waals surface area (Å²) in [6.45, 7) is 1.99. The lowest BCUT2D eigenvalue weighted by Gasteiger charge is -2.25. The Hall–Kier alpha value is -4.04. The first kappa shape index (κ1) is 22.4. The number of para-hydroxylation sites is 1. The number of aromatic nitrogens is 4. The molecule has 0 spiro atoms. The Labute approximate surface area is 207 Å². The van der Waals surface area contributed by atoms with Gasteiger partial charge in [-0.25, -0.2) is 9.97 Å². The molecular formula is C28H27N5O3. The molecule has 1 fully saturated rings. The molecule has 0 saturated heterocycles. The van der Waals surface area contributed by atoms with Crippen molar-refractivity contribution in [1.82, 2.24) is 25.3 Å². The van der Waals surface area contributed by atoms with Gasteiger partial charge in [-0.2, -0.15) is 0 Å². The number of H-pyrrole nitrogens is 1. The molecular weight excluding hydrogens is 454 g/mol. The average Bonchev–Trinajstić information content (AvgIpc) is 3.25. The third-order valence-corrected chi connectivity index (χ3v) is 7.11. The number of carbonyl (C=O) groups is 1. The third-order valence-electron chi connectivity index (χ3n) is 7.11. The smallest absolute Gasteiger partial charge is 0.289 e. The van der Waals surface area contributed by atoms with E-state index in [9.17, 15) is 9.90 Å². The van der Waals surface area contributed by atoms with Gasteiger partial charge in [-0.05, 0) is 62.4 Å². The van der Waals surface area contributed by atoms with Crippen molar-refractivity contribution in [3.05, 3.63) is 60.0 Å². The molecule has 1 amide bonds. The molecule has 182 valence electrons. The van der Waals surface area contributed by atoms with Crippen molar-refractivity contribution in [2.75, 3.05) is 7.11 Å². The molecule has 0 bridgehead atoms. The summed E-state index contributed by atoms with van der Waals surface area (Å²) in [5.41, 5.74) is 4.88. The van der Waals surface area contributed by atoms with Gasteiger partial charge in [0.2, 0.25) is 5.82 Å². The normalized spacial score (nSPS) is 18.1. The number of carbonyl (C=O) groups excluding carboxylic acids is 1. The monoisotopic (exact) mass is 481 g/mol. The number of hydrogen-bond donors (Lipinski definition) is 3. The summed E-state index contributed by atoms with van der Waals surface area (Å²) in [4.78, 5) is 30.7. The number of ether oxygens (including phenoxy) is 1. The van der Waals surface area contributed by atoms with Gasteiger partial charge in [-0.1, -0.05) is 18.2 Å². The third kappa shape index (κ3) is 3.83. The summed E-state index contributed by atoms with van der Waals surface area (Å²) in [5, 5.41) is 15.6. The highest BCUT2D eigenvalue weighted by Crippen LogP contribution is 2.37. The molecule has 2 aromatic carbocycles. The van der Waals surface area contributed by atoms with Crippen LogP contribution in [0.1, 0.15) is 41.9 Å². The Morgan fingerprint density at radius 1 is 1.08 bits per heavy atom. The van der Waals surface area contributed by atoms with E-state index in [1.165, 1.54) is 0 Å². The minimum atomic E-state index is -0.315. The quantitative estimate of drug-likeness (QED) is 0.344. The van der Waals surface area contributed by atoms with Crippen LogP contribution in [0, 0.1) is 6.92 Å². The maximum Gasteiger partial charge on any atom is 0.289 e. The Balaban J connectivity index is 1.56. The van der Waals surface area contributed by atoms with Crippen LogP contribution in [0.3, 0.4) is 0 Å². The van der Waals surface area contributed by atoms with Gasteiger partial charge in [0, 0.05) is 34.1 Å². The van der Waals surface area contributed by atoms with E-state index in [1.807, 2.05) is 49.4 Å². The minimum Gasteiger partial charge on any atom is -0.496 e. The van der Waals surface area contributed by atoms with Gasteiger partial charge < -0.3 is 20.1 Å². The number of nitrogens with zero attached hydrogens (tertiary/aromatic N) is 3. The summed E-state index contributed by atoms with van der Waals surface area (Å²) in [5.74, 6) is 0.570. The lowest BCUT2D eigenvalue weighted by atomic mass is 9.93. The first-order valence-corrected chi connectivity index (χ1v) is 12.2. The summed E-state index contributed by atoms with van der Waals surface area (Å²) >= 11 is 0. The SMILES string of the molecule is COc1cc2c(cc1C)[nH]c1nc(C(=O)N[C@H]3CC[C@@H](O)CC3)nc(-c3ccnc4ccccc34)c12. The van der Waals surface area contributed by atoms with E-state index >= 15 is 0 Å². The maximum absolute atomic E-state index is 13.3. The van der Waals surface area contributed by atoms with Crippen LogP contribution in [0.4, 0.5) is 0 Å². The highest BCUT2D eigenvalue weighted by atomic mass is 16.5. The predicted octanol–water partition coefficient (Wildman–Crippen LogP) is 4.68. The van der Waals surface area contributed by atoms with E-state index in [2.05, 4.69) is 20.3 Å². The number of benzene rings is 2. The van der Waals surface area contributed by atoms with Crippen LogP contribution < -0.4 is 10.1 Å². The Morgan fingerprint density at radius 2 is 1.89 bits per heavy atom. The average molecular weight is 482 g/mol. The van der Waals surface area contributed by atoms with E-state index in [-0.39, 0.29) is 23.9 Å². The van der Waals surface area contributed by atoms with Crippen LogP contribution in [-0.4, -0.2) is 50.2 Å². The zero-order chi connectivity index (χ0) is 24.8. The molecule has 5 aromatic rings. The van der Waals surface area contributed by atoms with E-state index < -0.39 is 0 Å². The second-order valence-corrected chi connectivity index (χ2v) is 9.47. The molecule has 3 heterocycles. The molecule has 1 aliphatic carbocycles. The summed E-state index contributed by atoms with van der Waals surface area (Å²) < 4.78 is 5.59. The highest BCUT2D eigenvalue weighted by Gasteiger charge is 2.25. The minimum absolute atomic E-state index is 0.0000252. The first-order valence-electron chi connectivity index (χ1n) is 12.2. The number of fused-ring (bicyclic) bond motifs is 4. The van der Waals surface area contributed by atoms with Crippen molar-refractivity contribution in [3.63, 3.8) is 0 Å². The number of aliphatic hydroxyl groups excluding tert-OH is 1. The van der Waals surface area contributed by atoms with Crippen molar-refractivity contribution < 1.29 is 14.6 Å². The zero-order valence-electron chi connectivity index (χ0n) is 20.2. The topological polar surface area (TPSA) is 113 Å². The van der Waals surface area contributed by atoms with E-state index in [4.69, 9.17) is 9.72 Å². The maximum atomic E-state index is 13.3. The van der Waals surface area contributed by atoms with E-state index in [0.717, 1.165) is 56.9 Å². The highest BCUT2D eigenvalue weighted by molar-refractivity contribution is 6.15. The van der Waals surface area contributed by atoms with Gasteiger partial charge in [-0.15, -0.1) is 0 Å². The number of aliphatic hydroxyl groups is 1. The molecule has 8 heteroatoms. The van der Waals surface area contributed by atoms with Crippen molar-refractivity contribution in [2.24, 2.45) is 0 Å². The Kier molecular flexibility index (Phi) is 5.53. The lowest BCUT2D eigenvalue weighted by Crippen LogP contribution is -2.39.